The van der Waals surface area contributed by atoms with E-state index in [1.807, 2.05) is 6.26 Å². The summed E-state index contributed by atoms with van der Waals surface area (Å²) in [6.07, 6.45) is 3.69. The van der Waals surface area contributed by atoms with Crippen LogP contribution in [0.4, 0.5) is 4.39 Å². The lowest BCUT2D eigenvalue weighted by molar-refractivity contribution is -0.310. The third-order valence-electron chi connectivity index (χ3n) is 3.17. The van der Waals surface area contributed by atoms with Gasteiger partial charge in [-0.3, -0.25) is 9.69 Å². The highest BCUT2D eigenvalue weighted by Gasteiger charge is 2.37. The molecule has 1 amide bonds. The molecule has 0 bridgehead atoms. The maximum absolute atomic E-state index is 12.9. The second-order valence-electron chi connectivity index (χ2n) is 4.72. The Morgan fingerprint density at radius 2 is 2.13 bits per heavy atom. The quantitative estimate of drug-likeness (QED) is 0.563. The molecule has 8 heteroatoms. The molecule has 4 nitrogen and oxygen atoms in total. The number of halogens is 1. The molecule has 1 unspecified atom stereocenters. The summed E-state index contributed by atoms with van der Waals surface area (Å²) in [4.78, 5) is 25.2. The molecule has 1 aromatic rings. The predicted molar refractivity (Wildman–Crippen MR) is 93.2 cm³/mol. The van der Waals surface area contributed by atoms with E-state index >= 15 is 0 Å². The molecule has 0 aliphatic carbocycles. The van der Waals surface area contributed by atoms with Gasteiger partial charge in [0.2, 0.25) is 0 Å². The highest BCUT2D eigenvalue weighted by Crippen LogP contribution is 2.34. The van der Waals surface area contributed by atoms with E-state index in [4.69, 9.17) is 12.2 Å². The largest absolute Gasteiger partial charge is 0.548 e. The van der Waals surface area contributed by atoms with E-state index in [-0.39, 0.29) is 16.6 Å². The Morgan fingerprint density at radius 1 is 1.48 bits per heavy atom. The summed E-state index contributed by atoms with van der Waals surface area (Å²) in [6, 6.07) is 4.57. The van der Waals surface area contributed by atoms with Gasteiger partial charge in [-0.05, 0) is 42.2 Å². The van der Waals surface area contributed by atoms with Crippen molar-refractivity contribution in [1.82, 2.24) is 4.90 Å². The number of benzene rings is 1. The number of rotatable bonds is 6. The van der Waals surface area contributed by atoms with E-state index in [2.05, 4.69) is 0 Å². The first-order valence-corrected chi connectivity index (χ1v) is 9.28. The molecule has 1 aliphatic heterocycles. The smallest absolute Gasteiger partial charge is 0.266 e. The second-order valence-corrected chi connectivity index (χ2v) is 7.38. The number of carboxylic acid groups (broad SMARTS) is 1. The minimum atomic E-state index is -1.32. The van der Waals surface area contributed by atoms with Gasteiger partial charge in [-0.2, -0.15) is 11.8 Å². The van der Waals surface area contributed by atoms with Crippen molar-refractivity contribution >= 4 is 58.0 Å². The molecule has 1 saturated heterocycles. The van der Waals surface area contributed by atoms with Gasteiger partial charge in [0.1, 0.15) is 10.1 Å². The Morgan fingerprint density at radius 3 is 2.70 bits per heavy atom. The Labute approximate surface area is 147 Å². The number of carbonyl (C=O) groups excluding carboxylic acids is 2. The molecule has 1 atom stereocenters. The lowest BCUT2D eigenvalue weighted by Gasteiger charge is -2.27. The fourth-order valence-corrected chi connectivity index (χ4v) is 3.86. The molecule has 0 spiro atoms. The van der Waals surface area contributed by atoms with Gasteiger partial charge in [-0.1, -0.05) is 36.1 Å². The molecule has 1 heterocycles. The van der Waals surface area contributed by atoms with Gasteiger partial charge in [0, 0.05) is 0 Å². The zero-order valence-electron chi connectivity index (χ0n) is 12.2. The average Bonchev–Trinajstić information content (AvgIpc) is 2.77. The van der Waals surface area contributed by atoms with E-state index in [1.54, 1.807) is 6.08 Å². The van der Waals surface area contributed by atoms with Crippen LogP contribution in [0.25, 0.3) is 6.08 Å². The van der Waals surface area contributed by atoms with E-state index in [0.717, 1.165) is 16.7 Å². The van der Waals surface area contributed by atoms with Crippen molar-refractivity contribution < 1.29 is 19.1 Å². The van der Waals surface area contributed by atoms with Crippen molar-refractivity contribution in [3.8, 4) is 0 Å². The van der Waals surface area contributed by atoms with Gasteiger partial charge < -0.3 is 9.90 Å². The highest BCUT2D eigenvalue weighted by atomic mass is 32.2. The Kier molecular flexibility index (Phi) is 6.20. The first kappa shape index (κ1) is 18.0. The van der Waals surface area contributed by atoms with Crippen molar-refractivity contribution in [2.24, 2.45) is 0 Å². The molecular weight excluding hydrogens is 357 g/mol. The van der Waals surface area contributed by atoms with Crippen LogP contribution in [0.2, 0.25) is 0 Å². The normalized spacial score (nSPS) is 17.8. The zero-order valence-corrected chi connectivity index (χ0v) is 14.6. The second kappa shape index (κ2) is 7.94. The highest BCUT2D eigenvalue weighted by molar-refractivity contribution is 8.26. The van der Waals surface area contributed by atoms with Gasteiger partial charge in [-0.15, -0.1) is 0 Å². The zero-order chi connectivity index (χ0) is 17.0. The predicted octanol–water partition coefficient (Wildman–Crippen LogP) is 1.90. The van der Waals surface area contributed by atoms with Crippen LogP contribution in [0.1, 0.15) is 12.0 Å². The van der Waals surface area contributed by atoms with E-state index in [9.17, 15) is 19.1 Å². The molecule has 1 fully saturated rings. The number of thioether (sulfide) groups is 2. The van der Waals surface area contributed by atoms with Crippen LogP contribution in [0.3, 0.4) is 0 Å². The number of nitrogens with zero attached hydrogens (tertiary/aromatic N) is 1. The van der Waals surface area contributed by atoms with Gasteiger partial charge in [0.15, 0.2) is 0 Å². The number of carboxylic acids is 1. The standard InChI is InChI=1S/C15H14FNO3S3/c1-22-7-6-11(14(19)20)17-13(18)12(23-15(17)21)8-9-2-4-10(16)5-3-9/h2-5,8,11H,6-7H2,1H3,(H,19,20)/p-1. The summed E-state index contributed by atoms with van der Waals surface area (Å²) in [7, 11) is 0. The fraction of sp³-hybridized carbons (Fsp3) is 0.267. The molecule has 0 radical (unpaired) electrons. The van der Waals surface area contributed by atoms with Crippen LogP contribution < -0.4 is 5.11 Å². The van der Waals surface area contributed by atoms with Crippen LogP contribution in [0.15, 0.2) is 29.2 Å². The van der Waals surface area contributed by atoms with Crippen LogP contribution in [-0.4, -0.2) is 39.1 Å². The van der Waals surface area contributed by atoms with Crippen molar-refractivity contribution in [1.29, 1.82) is 0 Å². The number of thiocarbonyl (C=S) groups is 1. The molecule has 0 aromatic heterocycles. The minimum absolute atomic E-state index is 0.193. The molecule has 1 aliphatic rings. The van der Waals surface area contributed by atoms with Crippen LogP contribution in [0.5, 0.6) is 0 Å². The summed E-state index contributed by atoms with van der Waals surface area (Å²) in [6.45, 7) is 0. The first-order valence-electron chi connectivity index (χ1n) is 6.66. The van der Waals surface area contributed by atoms with E-state index < -0.39 is 17.9 Å². The van der Waals surface area contributed by atoms with Gasteiger partial charge in [0.05, 0.1) is 16.9 Å². The van der Waals surface area contributed by atoms with Crippen LogP contribution >= 0.6 is 35.7 Å². The van der Waals surface area contributed by atoms with E-state index in [1.165, 1.54) is 36.0 Å². The van der Waals surface area contributed by atoms with Crippen LogP contribution in [0, 0.1) is 5.82 Å². The molecule has 122 valence electrons. The maximum Gasteiger partial charge on any atom is 0.266 e. The minimum Gasteiger partial charge on any atom is -0.548 e. The molecular formula is C15H13FNO3S3-. The molecule has 1 aromatic carbocycles. The summed E-state index contributed by atoms with van der Waals surface area (Å²) in [5, 5.41) is 11.3. The average molecular weight is 370 g/mol. The summed E-state index contributed by atoms with van der Waals surface area (Å²) in [5.74, 6) is -1.58. The van der Waals surface area contributed by atoms with Crippen molar-refractivity contribution in [2.75, 3.05) is 12.0 Å². The molecule has 0 saturated carbocycles. The summed E-state index contributed by atoms with van der Waals surface area (Å²) in [5.41, 5.74) is 0.640. The SMILES string of the molecule is CSCCC(C(=O)[O-])N1C(=O)C(=Cc2ccc(F)cc2)SC1=S. The van der Waals surface area contributed by atoms with Gasteiger partial charge in [-0.25, -0.2) is 4.39 Å². The van der Waals surface area contributed by atoms with E-state index in [0.29, 0.717) is 16.2 Å². The Bertz CT molecular complexity index is 660. The first-order chi connectivity index (χ1) is 10.9. The monoisotopic (exact) mass is 370 g/mol. The number of amides is 1. The van der Waals surface area contributed by atoms with Crippen LogP contribution in [-0.2, 0) is 9.59 Å². The molecule has 0 N–H and O–H groups in total. The fourth-order valence-electron chi connectivity index (χ4n) is 2.04. The number of hydrogen-bond acceptors (Lipinski definition) is 6. The van der Waals surface area contributed by atoms with Gasteiger partial charge >= 0.3 is 0 Å². The molecule has 2 rings (SSSR count). The number of carbonyl (C=O) groups is 2. The van der Waals surface area contributed by atoms with Crippen molar-refractivity contribution in [3.63, 3.8) is 0 Å². The Balaban J connectivity index is 2.24. The Hall–Kier alpha value is -1.38. The van der Waals surface area contributed by atoms with Crippen molar-refractivity contribution in [2.45, 2.75) is 12.5 Å². The third-order valence-corrected chi connectivity index (χ3v) is 5.14. The number of hydrogen-bond donors (Lipinski definition) is 0. The summed E-state index contributed by atoms with van der Waals surface area (Å²) >= 11 is 7.67. The maximum atomic E-state index is 12.9. The summed E-state index contributed by atoms with van der Waals surface area (Å²) < 4.78 is 13.1. The lowest BCUT2D eigenvalue weighted by atomic mass is 10.1. The van der Waals surface area contributed by atoms with Crippen molar-refractivity contribution in [3.05, 3.63) is 40.6 Å². The topological polar surface area (TPSA) is 60.4 Å². The van der Waals surface area contributed by atoms with Gasteiger partial charge in [0.25, 0.3) is 5.91 Å². The third kappa shape index (κ3) is 4.33. The number of aliphatic carboxylic acids is 1. The molecule has 23 heavy (non-hydrogen) atoms. The lowest BCUT2D eigenvalue weighted by Crippen LogP contribution is -2.50.